The summed E-state index contributed by atoms with van der Waals surface area (Å²) in [5.41, 5.74) is -1.36. The highest BCUT2D eigenvalue weighted by molar-refractivity contribution is 7.92. The molecule has 0 bridgehead atoms. The number of nitrogens with zero attached hydrogens (tertiary/aromatic N) is 2. The number of alkyl halides is 3. The van der Waals surface area contributed by atoms with Crippen LogP contribution in [0.2, 0.25) is 5.02 Å². The van der Waals surface area contributed by atoms with E-state index in [1.807, 2.05) is 4.72 Å². The first kappa shape index (κ1) is 15.6. The molecule has 114 valence electrons. The molecule has 1 aromatic carbocycles. The molecule has 2 aromatic rings. The lowest BCUT2D eigenvalue weighted by Gasteiger charge is -2.12. The molecule has 1 N–H and O–H groups in total. The Bertz CT molecular complexity index is 771. The molecule has 0 aliphatic heterocycles. The standard InChI is InChI=1S/C11H9ClF3N3O2S/c1-18-6-8(5-16-18)21(19,20)17-10-4-7(11(13,14)15)2-3-9(10)12/h2-6,17H,1H3. The van der Waals surface area contributed by atoms with Crippen molar-refractivity contribution in [1.82, 2.24) is 9.78 Å². The van der Waals surface area contributed by atoms with Crippen LogP contribution in [0, 0.1) is 0 Å². The fraction of sp³-hybridized carbons (Fsp3) is 0.182. The molecule has 0 amide bonds. The lowest BCUT2D eigenvalue weighted by atomic mass is 10.2. The van der Waals surface area contributed by atoms with Gasteiger partial charge in [0.25, 0.3) is 10.0 Å². The maximum Gasteiger partial charge on any atom is 0.416 e. The van der Waals surface area contributed by atoms with Gasteiger partial charge in [-0.3, -0.25) is 9.40 Å². The summed E-state index contributed by atoms with van der Waals surface area (Å²) in [6.07, 6.45) is -2.31. The molecule has 5 nitrogen and oxygen atoms in total. The van der Waals surface area contributed by atoms with Crippen LogP contribution >= 0.6 is 11.6 Å². The summed E-state index contributed by atoms with van der Waals surface area (Å²) in [5, 5.41) is 3.55. The third-order valence-electron chi connectivity index (χ3n) is 2.53. The minimum absolute atomic E-state index is 0.143. The van der Waals surface area contributed by atoms with Gasteiger partial charge < -0.3 is 0 Å². The zero-order valence-electron chi connectivity index (χ0n) is 10.5. The molecule has 0 unspecified atom stereocenters. The number of rotatable bonds is 3. The summed E-state index contributed by atoms with van der Waals surface area (Å²) < 4.78 is 65.2. The first-order valence-corrected chi connectivity index (χ1v) is 7.34. The van der Waals surface area contributed by atoms with Gasteiger partial charge in [-0.25, -0.2) is 8.42 Å². The lowest BCUT2D eigenvalue weighted by Crippen LogP contribution is -2.14. The predicted molar refractivity (Wildman–Crippen MR) is 70.5 cm³/mol. The molecule has 0 aliphatic carbocycles. The summed E-state index contributed by atoms with van der Waals surface area (Å²) in [4.78, 5) is -0.182. The molecule has 0 spiro atoms. The van der Waals surface area contributed by atoms with E-state index >= 15 is 0 Å². The zero-order chi connectivity index (χ0) is 15.8. The van der Waals surface area contributed by atoms with E-state index < -0.39 is 21.8 Å². The quantitative estimate of drug-likeness (QED) is 0.935. The van der Waals surface area contributed by atoms with Gasteiger partial charge in [0.15, 0.2) is 0 Å². The second-order valence-corrected chi connectivity index (χ2v) is 6.24. The molecule has 1 aromatic heterocycles. The largest absolute Gasteiger partial charge is 0.416 e. The highest BCUT2D eigenvalue weighted by atomic mass is 35.5. The Morgan fingerprint density at radius 3 is 2.52 bits per heavy atom. The van der Waals surface area contributed by atoms with Gasteiger partial charge in [0.05, 0.1) is 22.5 Å². The second kappa shape index (κ2) is 5.23. The zero-order valence-corrected chi connectivity index (χ0v) is 12.1. The van der Waals surface area contributed by atoms with Crippen LogP contribution in [0.4, 0.5) is 18.9 Å². The Morgan fingerprint density at radius 2 is 2.00 bits per heavy atom. The van der Waals surface area contributed by atoms with Crippen molar-refractivity contribution in [3.8, 4) is 0 Å². The van der Waals surface area contributed by atoms with E-state index in [-0.39, 0.29) is 15.6 Å². The van der Waals surface area contributed by atoms with E-state index in [1.54, 1.807) is 0 Å². The number of nitrogens with one attached hydrogen (secondary N) is 1. The molecular weight excluding hydrogens is 331 g/mol. The second-order valence-electron chi connectivity index (χ2n) is 4.15. The summed E-state index contributed by atoms with van der Waals surface area (Å²) >= 11 is 5.73. The topological polar surface area (TPSA) is 64.0 Å². The van der Waals surface area contributed by atoms with Gasteiger partial charge in [-0.15, -0.1) is 0 Å². The molecule has 1 heterocycles. The molecule has 21 heavy (non-hydrogen) atoms. The monoisotopic (exact) mass is 339 g/mol. The number of aromatic nitrogens is 2. The smallest absolute Gasteiger partial charge is 0.278 e. The van der Waals surface area contributed by atoms with Crippen LogP contribution in [-0.4, -0.2) is 18.2 Å². The van der Waals surface area contributed by atoms with Crippen molar-refractivity contribution in [3.63, 3.8) is 0 Å². The fourth-order valence-electron chi connectivity index (χ4n) is 1.52. The Kier molecular flexibility index (Phi) is 3.89. The summed E-state index contributed by atoms with van der Waals surface area (Å²) in [7, 11) is -2.55. The number of sulfonamides is 1. The lowest BCUT2D eigenvalue weighted by molar-refractivity contribution is -0.137. The number of benzene rings is 1. The van der Waals surface area contributed by atoms with Crippen molar-refractivity contribution >= 4 is 27.3 Å². The van der Waals surface area contributed by atoms with Crippen molar-refractivity contribution in [3.05, 3.63) is 41.2 Å². The highest BCUT2D eigenvalue weighted by Crippen LogP contribution is 2.34. The average molecular weight is 340 g/mol. The van der Waals surface area contributed by atoms with Crippen molar-refractivity contribution in [2.75, 3.05) is 4.72 Å². The van der Waals surface area contributed by atoms with Crippen LogP contribution in [0.15, 0.2) is 35.5 Å². The van der Waals surface area contributed by atoms with E-state index in [2.05, 4.69) is 5.10 Å². The molecule has 0 fully saturated rings. The SMILES string of the molecule is Cn1cc(S(=O)(=O)Nc2cc(C(F)(F)F)ccc2Cl)cn1. The van der Waals surface area contributed by atoms with Gasteiger partial charge in [-0.1, -0.05) is 11.6 Å². The Hall–Kier alpha value is -1.74. The highest BCUT2D eigenvalue weighted by Gasteiger charge is 2.31. The minimum atomic E-state index is -4.60. The first-order chi connectivity index (χ1) is 9.59. The van der Waals surface area contributed by atoms with E-state index in [1.165, 1.54) is 17.9 Å². The van der Waals surface area contributed by atoms with Crippen LogP contribution in [0.25, 0.3) is 0 Å². The maximum absolute atomic E-state index is 12.6. The molecule has 10 heteroatoms. The van der Waals surface area contributed by atoms with E-state index in [0.717, 1.165) is 18.3 Å². The van der Waals surface area contributed by atoms with Gasteiger partial charge in [-0.2, -0.15) is 18.3 Å². The Labute approximate surface area is 123 Å². The normalized spacial score (nSPS) is 12.4. The van der Waals surface area contributed by atoms with E-state index in [4.69, 9.17) is 11.6 Å². The number of halogens is 4. The molecule has 2 rings (SSSR count). The summed E-state index contributed by atoms with van der Waals surface area (Å²) in [5.74, 6) is 0. The molecule has 0 saturated carbocycles. The molecule has 0 radical (unpaired) electrons. The third kappa shape index (κ3) is 3.48. The van der Waals surface area contributed by atoms with Gasteiger partial charge >= 0.3 is 6.18 Å². The maximum atomic E-state index is 12.6. The van der Waals surface area contributed by atoms with Crippen LogP contribution in [0.5, 0.6) is 0 Å². The summed E-state index contributed by atoms with van der Waals surface area (Å²) in [6, 6.07) is 2.38. The van der Waals surface area contributed by atoms with Crippen LogP contribution in [0.3, 0.4) is 0 Å². The van der Waals surface area contributed by atoms with Gasteiger partial charge in [-0.05, 0) is 18.2 Å². The average Bonchev–Trinajstić information content (AvgIpc) is 2.78. The number of aryl methyl sites for hydroxylation is 1. The van der Waals surface area contributed by atoms with Crippen molar-refractivity contribution < 1.29 is 21.6 Å². The van der Waals surface area contributed by atoms with Crippen LogP contribution in [0.1, 0.15) is 5.56 Å². The Balaban J connectivity index is 2.39. The van der Waals surface area contributed by atoms with E-state index in [9.17, 15) is 21.6 Å². The first-order valence-electron chi connectivity index (χ1n) is 5.48. The third-order valence-corrected chi connectivity index (χ3v) is 4.18. The fourth-order valence-corrected chi connectivity index (χ4v) is 2.80. The molecule has 0 aliphatic rings. The molecule has 0 atom stereocenters. The van der Waals surface area contributed by atoms with Crippen molar-refractivity contribution in [2.45, 2.75) is 11.1 Å². The molecule has 0 saturated heterocycles. The van der Waals surface area contributed by atoms with Crippen molar-refractivity contribution in [1.29, 1.82) is 0 Å². The van der Waals surface area contributed by atoms with Gasteiger partial charge in [0, 0.05) is 13.2 Å². The number of hydrogen-bond donors (Lipinski definition) is 1. The van der Waals surface area contributed by atoms with E-state index in [0.29, 0.717) is 6.07 Å². The van der Waals surface area contributed by atoms with Gasteiger partial charge in [0.1, 0.15) is 4.90 Å². The van der Waals surface area contributed by atoms with Crippen LogP contribution < -0.4 is 4.72 Å². The summed E-state index contributed by atoms with van der Waals surface area (Å²) in [6.45, 7) is 0. The molecular formula is C11H9ClF3N3O2S. The number of hydrogen-bond acceptors (Lipinski definition) is 3. The van der Waals surface area contributed by atoms with Gasteiger partial charge in [0.2, 0.25) is 0 Å². The van der Waals surface area contributed by atoms with Crippen molar-refractivity contribution in [2.24, 2.45) is 7.05 Å². The van der Waals surface area contributed by atoms with Crippen LogP contribution in [-0.2, 0) is 23.2 Å². The predicted octanol–water partition coefficient (Wildman–Crippen LogP) is 2.89. The minimum Gasteiger partial charge on any atom is -0.278 e. The number of anilines is 1. The Morgan fingerprint density at radius 1 is 1.33 bits per heavy atom.